The van der Waals surface area contributed by atoms with Gasteiger partial charge in [-0.3, -0.25) is 9.59 Å². The first kappa shape index (κ1) is 44.2. The zero-order valence-electron chi connectivity index (χ0n) is 31.7. The second-order valence-electron chi connectivity index (χ2n) is 14.4. The molecule has 8 nitrogen and oxygen atoms in total. The first-order valence-corrected chi connectivity index (χ1v) is 20.4. The average Bonchev–Trinajstić information content (AvgIpc) is 3.05. The highest BCUT2D eigenvalue weighted by atomic mass is 16.6. The zero-order valence-corrected chi connectivity index (χ0v) is 31.7. The molecule has 0 saturated carbocycles. The average molecular weight is 681 g/mol. The van der Waals surface area contributed by atoms with Crippen LogP contribution in [0.25, 0.3) is 0 Å². The van der Waals surface area contributed by atoms with Gasteiger partial charge in [-0.2, -0.15) is 0 Å². The third-order valence-corrected chi connectivity index (χ3v) is 9.48. The van der Waals surface area contributed by atoms with Crippen LogP contribution in [0.3, 0.4) is 0 Å². The summed E-state index contributed by atoms with van der Waals surface area (Å²) in [6.45, 7) is 5.85. The van der Waals surface area contributed by atoms with E-state index < -0.39 is 12.2 Å². The van der Waals surface area contributed by atoms with E-state index in [0.717, 1.165) is 51.6 Å². The standard InChI is InChI=1S/C40H76N2O6/c1-4-6-8-10-12-14-16-18-20-22-24-26-28-30-38(43)46-34-37(35-47-40(45)41-36-32-42(3)33-36)48-39(44)31-29-27-25-23-21-19-17-15-13-11-9-7-5-2/h36-37H,4-35H2,1-3H3,(H,41,45). The largest absolute Gasteiger partial charge is 0.462 e. The van der Waals surface area contributed by atoms with Gasteiger partial charge in [-0.15, -0.1) is 0 Å². The van der Waals surface area contributed by atoms with E-state index in [9.17, 15) is 14.4 Å². The van der Waals surface area contributed by atoms with Crippen molar-refractivity contribution in [1.82, 2.24) is 10.2 Å². The van der Waals surface area contributed by atoms with Crippen molar-refractivity contribution in [1.29, 1.82) is 0 Å². The fourth-order valence-corrected chi connectivity index (χ4v) is 6.36. The van der Waals surface area contributed by atoms with Crippen LogP contribution in [0.5, 0.6) is 0 Å². The van der Waals surface area contributed by atoms with Gasteiger partial charge in [0, 0.05) is 25.9 Å². The number of likely N-dealkylation sites (tertiary alicyclic amines) is 1. The highest BCUT2D eigenvalue weighted by Gasteiger charge is 2.26. The van der Waals surface area contributed by atoms with Crippen LogP contribution in [-0.2, 0) is 23.8 Å². The minimum atomic E-state index is -0.801. The van der Waals surface area contributed by atoms with Crippen LogP contribution in [-0.4, -0.2) is 68.4 Å². The molecule has 1 saturated heterocycles. The Morgan fingerprint density at radius 2 is 0.896 bits per heavy atom. The smallest absolute Gasteiger partial charge is 0.407 e. The van der Waals surface area contributed by atoms with Crippen LogP contribution >= 0.6 is 0 Å². The molecule has 8 heteroatoms. The third kappa shape index (κ3) is 28.1. The van der Waals surface area contributed by atoms with Crippen molar-refractivity contribution in [2.45, 2.75) is 206 Å². The Bertz CT molecular complexity index is 773. The van der Waals surface area contributed by atoms with E-state index >= 15 is 0 Å². The number of hydrogen-bond acceptors (Lipinski definition) is 7. The van der Waals surface area contributed by atoms with Gasteiger partial charge in [0.15, 0.2) is 6.10 Å². The molecule has 1 aliphatic rings. The molecular weight excluding hydrogens is 604 g/mol. The van der Waals surface area contributed by atoms with Crippen molar-refractivity contribution < 1.29 is 28.6 Å². The zero-order chi connectivity index (χ0) is 34.9. The Balaban J connectivity index is 2.19. The SMILES string of the molecule is CCCCCCCCCCCCCCCC(=O)OCC(COC(=O)NC1CN(C)C1)OC(=O)CCCCCCCCCCCCCCC. The van der Waals surface area contributed by atoms with E-state index in [0.29, 0.717) is 12.8 Å². The van der Waals surface area contributed by atoms with Crippen LogP contribution in [0, 0.1) is 0 Å². The molecule has 0 aromatic carbocycles. The van der Waals surface area contributed by atoms with E-state index in [1.807, 2.05) is 7.05 Å². The maximum atomic E-state index is 12.6. The fourth-order valence-electron chi connectivity index (χ4n) is 6.36. The third-order valence-electron chi connectivity index (χ3n) is 9.48. The highest BCUT2D eigenvalue weighted by molar-refractivity contribution is 5.70. The molecule has 0 aromatic heterocycles. The summed E-state index contributed by atoms with van der Waals surface area (Å²) in [5.74, 6) is -0.627. The lowest BCUT2D eigenvalue weighted by Crippen LogP contribution is -2.57. The first-order valence-electron chi connectivity index (χ1n) is 20.4. The Kier molecular flexibility index (Phi) is 29.8. The van der Waals surface area contributed by atoms with Gasteiger partial charge in [0.2, 0.25) is 0 Å². The van der Waals surface area contributed by atoms with Crippen LogP contribution < -0.4 is 5.32 Å². The molecule has 1 atom stereocenters. The molecular formula is C40H76N2O6. The fraction of sp³-hybridized carbons (Fsp3) is 0.925. The molecule has 0 bridgehead atoms. The van der Waals surface area contributed by atoms with Crippen molar-refractivity contribution in [2.24, 2.45) is 0 Å². The van der Waals surface area contributed by atoms with Crippen LogP contribution in [0.4, 0.5) is 4.79 Å². The monoisotopic (exact) mass is 681 g/mol. The number of likely N-dealkylation sites (N-methyl/N-ethyl adjacent to an activating group) is 1. The van der Waals surface area contributed by atoms with Gasteiger partial charge in [-0.25, -0.2) is 4.79 Å². The Hall–Kier alpha value is -1.83. The second kappa shape index (κ2) is 32.4. The summed E-state index contributed by atoms with van der Waals surface area (Å²) < 4.78 is 16.4. The maximum Gasteiger partial charge on any atom is 0.407 e. The molecule has 0 radical (unpaired) electrons. The van der Waals surface area contributed by atoms with Crippen molar-refractivity contribution in [2.75, 3.05) is 33.4 Å². The van der Waals surface area contributed by atoms with E-state index in [1.165, 1.54) is 128 Å². The molecule has 1 heterocycles. The molecule has 1 amide bonds. The van der Waals surface area contributed by atoms with Crippen LogP contribution in [0.15, 0.2) is 0 Å². The molecule has 1 N–H and O–H groups in total. The quantitative estimate of drug-likeness (QED) is 0.0411. The van der Waals surface area contributed by atoms with E-state index in [4.69, 9.17) is 14.2 Å². The van der Waals surface area contributed by atoms with Crippen molar-refractivity contribution >= 4 is 18.0 Å². The molecule has 48 heavy (non-hydrogen) atoms. The highest BCUT2D eigenvalue weighted by Crippen LogP contribution is 2.15. The lowest BCUT2D eigenvalue weighted by atomic mass is 10.0. The molecule has 1 aliphatic heterocycles. The first-order chi connectivity index (χ1) is 23.4. The summed E-state index contributed by atoms with van der Waals surface area (Å²) in [5.41, 5.74) is 0. The Morgan fingerprint density at radius 1 is 0.542 bits per heavy atom. The summed E-state index contributed by atoms with van der Waals surface area (Å²) in [6.07, 6.45) is 31.8. The van der Waals surface area contributed by atoms with Crippen molar-refractivity contribution in [3.63, 3.8) is 0 Å². The van der Waals surface area contributed by atoms with Crippen molar-refractivity contribution in [3.8, 4) is 0 Å². The van der Waals surface area contributed by atoms with Crippen molar-refractivity contribution in [3.05, 3.63) is 0 Å². The lowest BCUT2D eigenvalue weighted by molar-refractivity contribution is -0.161. The van der Waals surface area contributed by atoms with Crippen LogP contribution in [0.1, 0.15) is 194 Å². The minimum absolute atomic E-state index is 0.0668. The Morgan fingerprint density at radius 3 is 1.29 bits per heavy atom. The summed E-state index contributed by atoms with van der Waals surface area (Å²) >= 11 is 0. The molecule has 0 aromatic rings. The number of ether oxygens (including phenoxy) is 3. The van der Waals surface area contributed by atoms with E-state index in [1.54, 1.807) is 0 Å². The van der Waals surface area contributed by atoms with Gasteiger partial charge in [0.25, 0.3) is 0 Å². The maximum absolute atomic E-state index is 12.6. The number of nitrogens with one attached hydrogen (secondary N) is 1. The van der Waals surface area contributed by atoms with E-state index in [-0.39, 0.29) is 31.2 Å². The molecule has 0 spiro atoms. The number of unbranched alkanes of at least 4 members (excludes halogenated alkanes) is 24. The van der Waals surface area contributed by atoms with Gasteiger partial charge in [-0.05, 0) is 19.9 Å². The van der Waals surface area contributed by atoms with E-state index in [2.05, 4.69) is 24.1 Å². The number of rotatable bonds is 34. The summed E-state index contributed by atoms with van der Waals surface area (Å²) in [4.78, 5) is 39.4. The number of esters is 2. The molecule has 1 rings (SSSR count). The van der Waals surface area contributed by atoms with Gasteiger partial charge < -0.3 is 24.4 Å². The van der Waals surface area contributed by atoms with Gasteiger partial charge in [0.1, 0.15) is 13.2 Å². The number of alkyl carbamates (subject to hydrolysis) is 1. The molecule has 1 unspecified atom stereocenters. The number of amides is 1. The normalized spacial score (nSPS) is 14.0. The number of hydrogen-bond donors (Lipinski definition) is 1. The lowest BCUT2D eigenvalue weighted by Gasteiger charge is -2.36. The predicted molar refractivity (Wildman–Crippen MR) is 197 cm³/mol. The summed E-state index contributed by atoms with van der Waals surface area (Å²) in [5, 5.41) is 2.82. The molecule has 282 valence electrons. The number of nitrogens with zero attached hydrogens (tertiary/aromatic N) is 1. The molecule has 0 aliphatic carbocycles. The van der Waals surface area contributed by atoms with Gasteiger partial charge >= 0.3 is 18.0 Å². The van der Waals surface area contributed by atoms with Gasteiger partial charge in [0.05, 0.1) is 6.04 Å². The second-order valence-corrected chi connectivity index (χ2v) is 14.4. The minimum Gasteiger partial charge on any atom is -0.462 e. The number of carbonyl (C=O) groups is 3. The summed E-state index contributed by atoms with van der Waals surface area (Å²) in [7, 11) is 1.99. The topological polar surface area (TPSA) is 94.2 Å². The predicted octanol–water partition coefficient (Wildman–Crippen LogP) is 10.4. The summed E-state index contributed by atoms with van der Waals surface area (Å²) in [6, 6.07) is 0.0668. The molecule has 1 fully saturated rings. The van der Waals surface area contributed by atoms with Crippen LogP contribution in [0.2, 0.25) is 0 Å². The van der Waals surface area contributed by atoms with Gasteiger partial charge in [-0.1, -0.05) is 168 Å². The Labute approximate surface area is 295 Å². The number of carbonyl (C=O) groups excluding carboxylic acids is 3.